The zero-order valence-electron chi connectivity index (χ0n) is 11.8. The van der Waals surface area contributed by atoms with E-state index in [-0.39, 0.29) is 17.8 Å². The number of hydrogen-bond acceptors (Lipinski definition) is 3. The Hall–Kier alpha value is -1.36. The maximum Gasteiger partial charge on any atom is 0.331 e. The molecule has 108 valence electrons. The van der Waals surface area contributed by atoms with Gasteiger partial charge in [0.1, 0.15) is 0 Å². The first-order valence-corrected chi connectivity index (χ1v) is 6.65. The number of carbonyl (C=O) groups excluding carboxylic acids is 1. The standard InChI is InChI=1S/C14H23NO4/c1-9-4-6-14(8-16,7-5-9)15-12(17)10(2)11(3)13(18)19/h9,16H,4-8H2,1-3H3,(H,15,17)(H,18,19). The summed E-state index contributed by atoms with van der Waals surface area (Å²) in [5.74, 6) is -0.888. The van der Waals surface area contributed by atoms with E-state index in [1.807, 2.05) is 0 Å². The number of aliphatic hydroxyl groups is 1. The van der Waals surface area contributed by atoms with Gasteiger partial charge in [0.15, 0.2) is 0 Å². The van der Waals surface area contributed by atoms with Crippen molar-refractivity contribution in [3.05, 3.63) is 11.1 Å². The maximum atomic E-state index is 12.1. The Morgan fingerprint density at radius 3 is 2.16 bits per heavy atom. The lowest BCUT2D eigenvalue weighted by atomic mass is 9.77. The van der Waals surface area contributed by atoms with Gasteiger partial charge in [0.05, 0.1) is 12.1 Å². The van der Waals surface area contributed by atoms with E-state index < -0.39 is 17.4 Å². The van der Waals surface area contributed by atoms with Crippen LogP contribution < -0.4 is 5.32 Å². The van der Waals surface area contributed by atoms with Crippen LogP contribution in [-0.4, -0.2) is 34.2 Å². The quantitative estimate of drug-likeness (QED) is 0.674. The molecule has 1 saturated carbocycles. The van der Waals surface area contributed by atoms with E-state index >= 15 is 0 Å². The smallest absolute Gasteiger partial charge is 0.331 e. The third-order valence-corrected chi connectivity index (χ3v) is 4.14. The number of amides is 1. The van der Waals surface area contributed by atoms with Gasteiger partial charge in [0.25, 0.3) is 0 Å². The van der Waals surface area contributed by atoms with Crippen molar-refractivity contribution >= 4 is 11.9 Å². The topological polar surface area (TPSA) is 86.6 Å². The lowest BCUT2D eigenvalue weighted by Gasteiger charge is -2.38. The second-order valence-electron chi connectivity index (χ2n) is 5.63. The van der Waals surface area contributed by atoms with Crippen molar-refractivity contribution < 1.29 is 19.8 Å². The molecule has 5 nitrogen and oxygen atoms in total. The number of carbonyl (C=O) groups is 2. The normalized spacial score (nSPS) is 28.5. The highest BCUT2D eigenvalue weighted by Crippen LogP contribution is 2.31. The number of aliphatic carboxylic acids is 1. The SMILES string of the molecule is CC(C(=O)O)=C(C)C(=O)NC1(CO)CCC(C)CC1. The van der Waals surface area contributed by atoms with Gasteiger partial charge in [-0.15, -0.1) is 0 Å². The van der Waals surface area contributed by atoms with Gasteiger partial charge in [-0.1, -0.05) is 6.92 Å². The van der Waals surface area contributed by atoms with Gasteiger partial charge >= 0.3 is 5.97 Å². The molecule has 0 aromatic heterocycles. The molecule has 0 aromatic rings. The van der Waals surface area contributed by atoms with Crippen molar-refractivity contribution in [2.24, 2.45) is 5.92 Å². The first-order chi connectivity index (χ1) is 8.81. The van der Waals surface area contributed by atoms with Crippen molar-refractivity contribution in [1.82, 2.24) is 5.32 Å². The zero-order valence-corrected chi connectivity index (χ0v) is 11.8. The van der Waals surface area contributed by atoms with Gasteiger partial charge in [0, 0.05) is 11.1 Å². The van der Waals surface area contributed by atoms with E-state index in [9.17, 15) is 14.7 Å². The van der Waals surface area contributed by atoms with Crippen LogP contribution in [-0.2, 0) is 9.59 Å². The number of carboxylic acid groups (broad SMARTS) is 1. The van der Waals surface area contributed by atoms with Crippen LogP contribution in [0, 0.1) is 5.92 Å². The number of aliphatic hydroxyl groups excluding tert-OH is 1. The summed E-state index contributed by atoms with van der Waals surface area (Å²) in [6.07, 6.45) is 3.38. The van der Waals surface area contributed by atoms with Crippen LogP contribution in [0.2, 0.25) is 0 Å². The first kappa shape index (κ1) is 15.7. The van der Waals surface area contributed by atoms with E-state index in [1.54, 1.807) is 0 Å². The minimum atomic E-state index is -1.09. The fourth-order valence-electron chi connectivity index (χ4n) is 2.30. The highest BCUT2D eigenvalue weighted by Gasteiger charge is 2.35. The summed E-state index contributed by atoms with van der Waals surface area (Å²) in [6, 6.07) is 0. The third-order valence-electron chi connectivity index (χ3n) is 4.14. The van der Waals surface area contributed by atoms with Crippen LogP contribution in [0.4, 0.5) is 0 Å². The molecule has 0 spiro atoms. The molecule has 0 aliphatic heterocycles. The lowest BCUT2D eigenvalue weighted by molar-refractivity contribution is -0.133. The summed E-state index contributed by atoms with van der Waals surface area (Å²) in [4.78, 5) is 22.9. The molecule has 0 aromatic carbocycles. The second kappa shape index (κ2) is 6.19. The third kappa shape index (κ3) is 3.80. The monoisotopic (exact) mass is 269 g/mol. The van der Waals surface area contributed by atoms with E-state index in [1.165, 1.54) is 13.8 Å². The average Bonchev–Trinajstić information content (AvgIpc) is 2.39. The Balaban J connectivity index is 2.79. The Morgan fingerprint density at radius 2 is 1.74 bits per heavy atom. The summed E-state index contributed by atoms with van der Waals surface area (Å²) in [5, 5.41) is 21.3. The van der Waals surface area contributed by atoms with E-state index in [4.69, 9.17) is 5.11 Å². The van der Waals surface area contributed by atoms with Gasteiger partial charge < -0.3 is 15.5 Å². The predicted octanol–water partition coefficient (Wildman–Crippen LogP) is 1.46. The molecule has 1 amide bonds. The molecule has 1 rings (SSSR count). The number of rotatable bonds is 4. The summed E-state index contributed by atoms with van der Waals surface area (Å²) in [6.45, 7) is 4.95. The summed E-state index contributed by atoms with van der Waals surface area (Å²) in [7, 11) is 0. The van der Waals surface area contributed by atoms with E-state index in [0.29, 0.717) is 5.92 Å². The van der Waals surface area contributed by atoms with Gasteiger partial charge in [-0.2, -0.15) is 0 Å². The van der Waals surface area contributed by atoms with Crippen molar-refractivity contribution in [1.29, 1.82) is 0 Å². The fourth-order valence-corrected chi connectivity index (χ4v) is 2.30. The molecular weight excluding hydrogens is 246 g/mol. The van der Waals surface area contributed by atoms with Crippen molar-refractivity contribution in [3.8, 4) is 0 Å². The zero-order chi connectivity index (χ0) is 14.6. The van der Waals surface area contributed by atoms with Crippen LogP contribution in [0.1, 0.15) is 46.5 Å². The fraction of sp³-hybridized carbons (Fsp3) is 0.714. The first-order valence-electron chi connectivity index (χ1n) is 6.65. The van der Waals surface area contributed by atoms with Crippen molar-refractivity contribution in [3.63, 3.8) is 0 Å². The maximum absolute atomic E-state index is 12.1. The Kier molecular flexibility index (Phi) is 5.11. The van der Waals surface area contributed by atoms with Gasteiger partial charge in [-0.3, -0.25) is 4.79 Å². The van der Waals surface area contributed by atoms with Crippen LogP contribution in [0.5, 0.6) is 0 Å². The molecule has 3 N–H and O–H groups in total. The molecule has 0 heterocycles. The molecule has 1 aliphatic rings. The molecule has 5 heteroatoms. The van der Waals surface area contributed by atoms with Gasteiger partial charge in [-0.25, -0.2) is 4.79 Å². The molecule has 0 radical (unpaired) electrons. The average molecular weight is 269 g/mol. The molecule has 0 bridgehead atoms. The highest BCUT2D eigenvalue weighted by atomic mass is 16.4. The molecule has 0 unspecified atom stereocenters. The Bertz CT molecular complexity index is 392. The number of carboxylic acids is 1. The predicted molar refractivity (Wildman–Crippen MR) is 71.6 cm³/mol. The number of hydrogen-bond donors (Lipinski definition) is 3. The van der Waals surface area contributed by atoms with E-state index in [2.05, 4.69) is 12.2 Å². The molecule has 1 fully saturated rings. The second-order valence-corrected chi connectivity index (χ2v) is 5.63. The van der Waals surface area contributed by atoms with Gasteiger partial charge in [-0.05, 0) is 45.4 Å². The highest BCUT2D eigenvalue weighted by molar-refractivity contribution is 6.01. The molecule has 0 atom stereocenters. The minimum absolute atomic E-state index is 0.0368. The van der Waals surface area contributed by atoms with Crippen LogP contribution in [0.15, 0.2) is 11.1 Å². The molecular formula is C14H23NO4. The molecule has 19 heavy (non-hydrogen) atoms. The molecule has 0 saturated heterocycles. The van der Waals surface area contributed by atoms with Crippen LogP contribution in [0.3, 0.4) is 0 Å². The molecule has 1 aliphatic carbocycles. The minimum Gasteiger partial charge on any atom is -0.478 e. The van der Waals surface area contributed by atoms with Crippen molar-refractivity contribution in [2.75, 3.05) is 6.61 Å². The lowest BCUT2D eigenvalue weighted by Crippen LogP contribution is -2.53. The summed E-state index contributed by atoms with van der Waals surface area (Å²) in [5.41, 5.74) is -0.363. The summed E-state index contributed by atoms with van der Waals surface area (Å²) >= 11 is 0. The van der Waals surface area contributed by atoms with Gasteiger partial charge in [0.2, 0.25) is 5.91 Å². The van der Waals surface area contributed by atoms with Crippen molar-refractivity contribution in [2.45, 2.75) is 52.0 Å². The number of nitrogens with one attached hydrogen (secondary N) is 1. The van der Waals surface area contributed by atoms with Crippen LogP contribution >= 0.6 is 0 Å². The largest absolute Gasteiger partial charge is 0.478 e. The Morgan fingerprint density at radius 1 is 1.21 bits per heavy atom. The van der Waals surface area contributed by atoms with Crippen LogP contribution in [0.25, 0.3) is 0 Å². The Labute approximate surface area is 113 Å². The van der Waals surface area contributed by atoms with E-state index in [0.717, 1.165) is 25.7 Å². The summed E-state index contributed by atoms with van der Waals surface area (Å²) < 4.78 is 0.